The summed E-state index contributed by atoms with van der Waals surface area (Å²) < 4.78 is 18.5. The molecule has 0 aliphatic heterocycles. The number of Topliss-reactive ketones (excluding diaryl/α,β-unsaturated/α-hetero) is 1. The summed E-state index contributed by atoms with van der Waals surface area (Å²) >= 11 is 0. The number of halogens is 1. The van der Waals surface area contributed by atoms with Gasteiger partial charge >= 0.3 is 5.97 Å². The lowest BCUT2D eigenvalue weighted by molar-refractivity contribution is 0.0733. The number of hydrogen-bond donors (Lipinski definition) is 0. The Morgan fingerprint density at radius 1 is 1.13 bits per heavy atom. The van der Waals surface area contributed by atoms with E-state index in [9.17, 15) is 14.0 Å². The Balaban J connectivity index is 2.10. The monoisotopic (exact) mass is 311 g/mol. The molecule has 0 aliphatic rings. The normalized spacial score (nSPS) is 9.96. The molecule has 2 aromatic carbocycles. The smallest absolute Gasteiger partial charge is 0.343 e. The van der Waals surface area contributed by atoms with E-state index in [2.05, 4.69) is 0 Å². The van der Waals surface area contributed by atoms with Crippen molar-refractivity contribution in [1.82, 2.24) is 0 Å². The van der Waals surface area contributed by atoms with Gasteiger partial charge in [0, 0.05) is 18.1 Å². The van der Waals surface area contributed by atoms with Crippen LogP contribution >= 0.6 is 0 Å². The molecule has 0 saturated heterocycles. The van der Waals surface area contributed by atoms with Crippen LogP contribution in [0.5, 0.6) is 5.75 Å². The van der Waals surface area contributed by atoms with Gasteiger partial charge in [0.1, 0.15) is 17.6 Å². The molecular formula is C18H14FNO3. The summed E-state index contributed by atoms with van der Waals surface area (Å²) in [6.07, 6.45) is 1.21. The number of hydrogen-bond acceptors (Lipinski definition) is 4. The van der Waals surface area contributed by atoms with E-state index in [0.29, 0.717) is 12.0 Å². The summed E-state index contributed by atoms with van der Waals surface area (Å²) in [4.78, 5) is 23.7. The highest BCUT2D eigenvalue weighted by atomic mass is 19.1. The van der Waals surface area contributed by atoms with E-state index in [0.717, 1.165) is 12.5 Å². The number of esters is 1. The molecule has 116 valence electrons. The van der Waals surface area contributed by atoms with E-state index in [1.54, 1.807) is 18.2 Å². The number of carbonyl (C=O) groups excluding carboxylic acids is 2. The molecule has 0 heterocycles. The molecule has 2 aromatic rings. The van der Waals surface area contributed by atoms with Gasteiger partial charge in [-0.2, -0.15) is 5.26 Å². The molecule has 23 heavy (non-hydrogen) atoms. The molecule has 0 saturated carbocycles. The number of carbonyl (C=O) groups is 2. The van der Waals surface area contributed by atoms with Crippen LogP contribution in [0.15, 0.2) is 42.5 Å². The molecule has 2 rings (SSSR count). The molecule has 0 spiro atoms. The van der Waals surface area contributed by atoms with Crippen molar-refractivity contribution in [2.45, 2.75) is 19.8 Å². The van der Waals surface area contributed by atoms with Crippen LogP contribution in [-0.2, 0) is 0 Å². The third kappa shape index (κ3) is 4.01. The predicted octanol–water partition coefficient (Wildman–Crippen LogP) is 3.90. The first-order chi connectivity index (χ1) is 11.0. The van der Waals surface area contributed by atoms with Gasteiger partial charge in [0.2, 0.25) is 0 Å². The Morgan fingerprint density at radius 3 is 2.35 bits per heavy atom. The minimum atomic E-state index is -0.752. The first-order valence-corrected chi connectivity index (χ1v) is 7.10. The maximum Gasteiger partial charge on any atom is 0.343 e. The van der Waals surface area contributed by atoms with Crippen molar-refractivity contribution in [3.8, 4) is 11.8 Å². The molecule has 0 aromatic heterocycles. The van der Waals surface area contributed by atoms with Crippen LogP contribution in [0.4, 0.5) is 4.39 Å². The minimum Gasteiger partial charge on any atom is -0.423 e. The number of nitriles is 1. The maximum atomic E-state index is 13.5. The third-order valence-corrected chi connectivity index (χ3v) is 3.19. The van der Waals surface area contributed by atoms with Crippen molar-refractivity contribution in [1.29, 1.82) is 5.26 Å². The highest BCUT2D eigenvalue weighted by Gasteiger charge is 2.12. The molecule has 4 nitrogen and oxygen atoms in total. The lowest BCUT2D eigenvalue weighted by Crippen LogP contribution is -2.09. The third-order valence-electron chi connectivity index (χ3n) is 3.19. The Labute approximate surface area is 133 Å². The second kappa shape index (κ2) is 7.32. The van der Waals surface area contributed by atoms with Crippen LogP contribution in [0.25, 0.3) is 0 Å². The Hall–Kier alpha value is -3.00. The summed E-state index contributed by atoms with van der Waals surface area (Å²) in [5.74, 6) is -1.39. The highest BCUT2D eigenvalue weighted by Crippen LogP contribution is 2.18. The van der Waals surface area contributed by atoms with Gasteiger partial charge in [-0.3, -0.25) is 4.79 Å². The predicted molar refractivity (Wildman–Crippen MR) is 81.8 cm³/mol. The van der Waals surface area contributed by atoms with E-state index >= 15 is 0 Å². The molecule has 0 radical (unpaired) electrons. The summed E-state index contributed by atoms with van der Waals surface area (Å²) in [5.41, 5.74) is 0.666. The van der Waals surface area contributed by atoms with E-state index < -0.39 is 11.8 Å². The average Bonchev–Trinajstić information content (AvgIpc) is 2.55. The van der Waals surface area contributed by atoms with Gasteiger partial charge in [-0.25, -0.2) is 9.18 Å². The number of ether oxygens (including phenoxy) is 1. The van der Waals surface area contributed by atoms with Crippen LogP contribution in [-0.4, -0.2) is 11.8 Å². The Bertz CT molecular complexity index is 776. The lowest BCUT2D eigenvalue weighted by atomic mass is 10.1. The Morgan fingerprint density at radius 2 is 1.78 bits per heavy atom. The molecule has 5 heteroatoms. The highest BCUT2D eigenvalue weighted by molar-refractivity contribution is 5.97. The van der Waals surface area contributed by atoms with Crippen LogP contribution in [0, 0.1) is 17.1 Å². The first-order valence-electron chi connectivity index (χ1n) is 7.10. The molecule has 0 aliphatic carbocycles. The summed E-state index contributed by atoms with van der Waals surface area (Å²) in [5, 5.41) is 8.65. The number of rotatable bonds is 5. The van der Waals surface area contributed by atoms with Gasteiger partial charge < -0.3 is 4.74 Å². The van der Waals surface area contributed by atoms with Gasteiger partial charge in [0.05, 0.1) is 11.1 Å². The Kier molecular flexibility index (Phi) is 5.21. The number of nitrogens with zero attached hydrogens (tertiary/aromatic N) is 1. The molecule has 0 atom stereocenters. The SMILES string of the molecule is CCCC(=O)c1ccc(C(=O)Oc2ccc(C#N)c(F)c2)cc1. The van der Waals surface area contributed by atoms with E-state index in [-0.39, 0.29) is 22.7 Å². The number of benzene rings is 2. The van der Waals surface area contributed by atoms with Crippen molar-refractivity contribution in [2.75, 3.05) is 0 Å². The van der Waals surface area contributed by atoms with E-state index in [1.807, 2.05) is 6.92 Å². The van der Waals surface area contributed by atoms with Crippen LogP contribution in [0.1, 0.15) is 46.0 Å². The fourth-order valence-corrected chi connectivity index (χ4v) is 1.98. The van der Waals surface area contributed by atoms with Gasteiger partial charge in [0.25, 0.3) is 0 Å². The van der Waals surface area contributed by atoms with E-state index in [4.69, 9.17) is 10.00 Å². The molecule has 0 amide bonds. The summed E-state index contributed by atoms with van der Waals surface area (Å²) in [7, 11) is 0. The zero-order chi connectivity index (χ0) is 16.8. The molecule has 0 unspecified atom stereocenters. The largest absolute Gasteiger partial charge is 0.423 e. The zero-order valence-electron chi connectivity index (χ0n) is 12.5. The van der Waals surface area contributed by atoms with Crippen molar-refractivity contribution in [3.63, 3.8) is 0 Å². The maximum absolute atomic E-state index is 13.5. The second-order valence-corrected chi connectivity index (χ2v) is 4.89. The van der Waals surface area contributed by atoms with Gasteiger partial charge in [-0.05, 0) is 30.7 Å². The fraction of sp³-hybridized carbons (Fsp3) is 0.167. The summed E-state index contributed by atoms with van der Waals surface area (Å²) in [6.45, 7) is 1.92. The molecule has 0 fully saturated rings. The first kappa shape index (κ1) is 16.4. The van der Waals surface area contributed by atoms with Crippen molar-refractivity contribution >= 4 is 11.8 Å². The quantitative estimate of drug-likeness (QED) is 0.477. The topological polar surface area (TPSA) is 67.2 Å². The molecular weight excluding hydrogens is 297 g/mol. The average molecular weight is 311 g/mol. The summed E-state index contributed by atoms with van der Waals surface area (Å²) in [6, 6.07) is 11.4. The van der Waals surface area contributed by atoms with Gasteiger partial charge in [-0.1, -0.05) is 19.1 Å². The van der Waals surface area contributed by atoms with Crippen LogP contribution < -0.4 is 4.74 Å². The molecule has 0 bridgehead atoms. The van der Waals surface area contributed by atoms with Crippen LogP contribution in [0.2, 0.25) is 0 Å². The molecule has 0 N–H and O–H groups in total. The van der Waals surface area contributed by atoms with Crippen molar-refractivity contribution in [3.05, 3.63) is 65.0 Å². The minimum absolute atomic E-state index is 0.0117. The number of ketones is 1. The standard InChI is InChI=1S/C18H14FNO3/c1-2-3-17(21)12-4-6-13(7-5-12)18(22)23-15-9-8-14(11-20)16(19)10-15/h4-10H,2-3H2,1H3. The van der Waals surface area contributed by atoms with Crippen LogP contribution in [0.3, 0.4) is 0 Å². The lowest BCUT2D eigenvalue weighted by Gasteiger charge is -2.06. The van der Waals surface area contributed by atoms with Gasteiger partial charge in [0.15, 0.2) is 5.78 Å². The second-order valence-electron chi connectivity index (χ2n) is 4.89. The van der Waals surface area contributed by atoms with Gasteiger partial charge in [-0.15, -0.1) is 0 Å². The van der Waals surface area contributed by atoms with E-state index in [1.165, 1.54) is 24.3 Å². The van der Waals surface area contributed by atoms with Crippen molar-refractivity contribution in [2.24, 2.45) is 0 Å². The fourth-order valence-electron chi connectivity index (χ4n) is 1.98. The van der Waals surface area contributed by atoms with Crippen molar-refractivity contribution < 1.29 is 18.7 Å². The zero-order valence-corrected chi connectivity index (χ0v) is 12.5.